The van der Waals surface area contributed by atoms with Crippen molar-refractivity contribution in [3.63, 3.8) is 0 Å². The average Bonchev–Trinajstić information content (AvgIpc) is 2.59. The lowest BCUT2D eigenvalue weighted by Crippen LogP contribution is -2.41. The van der Waals surface area contributed by atoms with Gasteiger partial charge in [0.05, 0.1) is 13.2 Å². The topological polar surface area (TPSA) is 50.8 Å². The molecule has 1 aromatic rings. The number of ether oxygens (including phenoxy) is 2. The molecule has 6 heteroatoms. The van der Waals surface area contributed by atoms with Crippen LogP contribution in [0.25, 0.3) is 0 Å². The van der Waals surface area contributed by atoms with Crippen molar-refractivity contribution in [2.45, 2.75) is 25.9 Å². The van der Waals surface area contributed by atoms with Crippen molar-refractivity contribution in [1.82, 2.24) is 10.2 Å². The zero-order valence-electron chi connectivity index (χ0n) is 13.6. The van der Waals surface area contributed by atoms with Crippen LogP contribution in [0, 0.1) is 5.82 Å². The predicted octanol–water partition coefficient (Wildman–Crippen LogP) is 1.82. The van der Waals surface area contributed by atoms with Crippen LogP contribution < -0.4 is 10.1 Å². The summed E-state index contributed by atoms with van der Waals surface area (Å²) in [6.07, 6.45) is 0.912. The summed E-state index contributed by atoms with van der Waals surface area (Å²) in [6, 6.07) is 5.71. The molecule has 0 saturated carbocycles. The molecule has 1 aromatic carbocycles. The molecule has 0 spiro atoms. The number of amides is 1. The molecule has 0 bridgehead atoms. The molecular formula is C17H25FN2O3. The second kappa shape index (κ2) is 9.47. The Morgan fingerprint density at radius 1 is 1.35 bits per heavy atom. The van der Waals surface area contributed by atoms with E-state index in [1.165, 1.54) is 24.3 Å². The van der Waals surface area contributed by atoms with Gasteiger partial charge < -0.3 is 14.8 Å². The summed E-state index contributed by atoms with van der Waals surface area (Å²) in [5.74, 6) is 0.0541. The number of rotatable bonds is 8. The van der Waals surface area contributed by atoms with E-state index in [4.69, 9.17) is 9.47 Å². The molecule has 1 unspecified atom stereocenters. The minimum Gasteiger partial charge on any atom is -0.481 e. The second-order valence-electron chi connectivity index (χ2n) is 5.57. The van der Waals surface area contributed by atoms with Gasteiger partial charge in [-0.25, -0.2) is 4.39 Å². The van der Waals surface area contributed by atoms with E-state index in [1.807, 2.05) is 6.92 Å². The summed E-state index contributed by atoms with van der Waals surface area (Å²) in [5.41, 5.74) is 0. The smallest absolute Gasteiger partial charge is 0.261 e. The van der Waals surface area contributed by atoms with Crippen molar-refractivity contribution >= 4 is 5.91 Å². The molecule has 1 atom stereocenters. The van der Waals surface area contributed by atoms with Gasteiger partial charge in [0.15, 0.2) is 6.10 Å². The van der Waals surface area contributed by atoms with Gasteiger partial charge in [-0.05, 0) is 43.7 Å². The van der Waals surface area contributed by atoms with Gasteiger partial charge in [-0.2, -0.15) is 0 Å². The molecule has 5 nitrogen and oxygen atoms in total. The highest BCUT2D eigenvalue weighted by Crippen LogP contribution is 2.14. The van der Waals surface area contributed by atoms with Crippen LogP contribution >= 0.6 is 0 Å². The van der Waals surface area contributed by atoms with Crippen LogP contribution in [-0.4, -0.2) is 56.3 Å². The molecule has 23 heavy (non-hydrogen) atoms. The first-order chi connectivity index (χ1) is 11.2. The van der Waals surface area contributed by atoms with E-state index in [2.05, 4.69) is 10.2 Å². The van der Waals surface area contributed by atoms with E-state index in [1.54, 1.807) is 0 Å². The highest BCUT2D eigenvalue weighted by Gasteiger charge is 2.18. The Morgan fingerprint density at radius 3 is 2.70 bits per heavy atom. The third-order valence-corrected chi connectivity index (χ3v) is 3.81. The Morgan fingerprint density at radius 2 is 2.04 bits per heavy atom. The SMILES string of the molecule is CCC(Oc1ccc(F)cc1)C(=O)NCCCN1CCOCC1. The lowest BCUT2D eigenvalue weighted by molar-refractivity contribution is -0.128. The maximum atomic E-state index is 12.9. The Hall–Kier alpha value is -1.66. The van der Waals surface area contributed by atoms with E-state index >= 15 is 0 Å². The molecule has 1 amide bonds. The fourth-order valence-corrected chi connectivity index (χ4v) is 2.45. The summed E-state index contributed by atoms with van der Waals surface area (Å²) in [7, 11) is 0. The summed E-state index contributed by atoms with van der Waals surface area (Å²) < 4.78 is 23.8. The number of halogens is 1. The highest BCUT2D eigenvalue weighted by atomic mass is 19.1. The van der Waals surface area contributed by atoms with E-state index in [9.17, 15) is 9.18 Å². The van der Waals surface area contributed by atoms with Crippen LogP contribution in [0.1, 0.15) is 19.8 Å². The summed E-state index contributed by atoms with van der Waals surface area (Å²) in [6.45, 7) is 6.96. The molecule has 1 fully saturated rings. The van der Waals surface area contributed by atoms with E-state index in [0.717, 1.165) is 39.3 Å². The number of hydrogen-bond donors (Lipinski definition) is 1. The van der Waals surface area contributed by atoms with Crippen LogP contribution in [0.15, 0.2) is 24.3 Å². The molecule has 1 saturated heterocycles. The fourth-order valence-electron chi connectivity index (χ4n) is 2.45. The Kier molecular flexibility index (Phi) is 7.29. The largest absolute Gasteiger partial charge is 0.481 e. The van der Waals surface area contributed by atoms with E-state index in [0.29, 0.717) is 18.7 Å². The number of nitrogens with one attached hydrogen (secondary N) is 1. The fraction of sp³-hybridized carbons (Fsp3) is 0.588. The lowest BCUT2D eigenvalue weighted by Gasteiger charge is -2.26. The zero-order chi connectivity index (χ0) is 16.5. The van der Waals surface area contributed by atoms with Crippen molar-refractivity contribution in [3.05, 3.63) is 30.1 Å². The van der Waals surface area contributed by atoms with Crippen LogP contribution in [0.3, 0.4) is 0 Å². The van der Waals surface area contributed by atoms with Gasteiger partial charge in [-0.1, -0.05) is 6.92 Å². The summed E-state index contributed by atoms with van der Waals surface area (Å²) >= 11 is 0. The van der Waals surface area contributed by atoms with Crippen LogP contribution in [-0.2, 0) is 9.53 Å². The molecule has 0 aliphatic carbocycles. The standard InChI is InChI=1S/C17H25FN2O3/c1-2-16(23-15-6-4-14(18)5-7-15)17(21)19-8-3-9-20-10-12-22-13-11-20/h4-7,16H,2-3,8-13H2,1H3,(H,19,21). The quantitative estimate of drug-likeness (QED) is 0.741. The van der Waals surface area contributed by atoms with Gasteiger partial charge in [0.2, 0.25) is 0 Å². The molecule has 1 N–H and O–H groups in total. The van der Waals surface area contributed by atoms with Crippen molar-refractivity contribution in [2.75, 3.05) is 39.4 Å². The van der Waals surface area contributed by atoms with E-state index in [-0.39, 0.29) is 11.7 Å². The van der Waals surface area contributed by atoms with Gasteiger partial charge in [0, 0.05) is 19.6 Å². The van der Waals surface area contributed by atoms with Crippen LogP contribution in [0.5, 0.6) is 5.75 Å². The van der Waals surface area contributed by atoms with E-state index < -0.39 is 6.10 Å². The number of benzene rings is 1. The van der Waals surface area contributed by atoms with Crippen molar-refractivity contribution in [2.24, 2.45) is 0 Å². The monoisotopic (exact) mass is 324 g/mol. The van der Waals surface area contributed by atoms with Crippen LogP contribution in [0.2, 0.25) is 0 Å². The van der Waals surface area contributed by atoms with Gasteiger partial charge in [0.25, 0.3) is 5.91 Å². The molecule has 0 radical (unpaired) electrons. The Labute approximate surface area is 136 Å². The number of hydrogen-bond acceptors (Lipinski definition) is 4. The van der Waals surface area contributed by atoms with Gasteiger partial charge in [-0.3, -0.25) is 9.69 Å². The first-order valence-corrected chi connectivity index (χ1v) is 8.19. The minimum absolute atomic E-state index is 0.126. The molecule has 1 aliphatic rings. The molecule has 2 rings (SSSR count). The average molecular weight is 324 g/mol. The molecule has 1 heterocycles. The molecule has 0 aromatic heterocycles. The maximum Gasteiger partial charge on any atom is 0.261 e. The van der Waals surface area contributed by atoms with Crippen molar-refractivity contribution in [3.8, 4) is 5.75 Å². The summed E-state index contributed by atoms with van der Waals surface area (Å²) in [5, 5.41) is 2.91. The first kappa shape index (κ1) is 17.7. The van der Waals surface area contributed by atoms with Gasteiger partial charge >= 0.3 is 0 Å². The predicted molar refractivity (Wildman–Crippen MR) is 86.0 cm³/mol. The normalized spacial score (nSPS) is 16.8. The van der Waals surface area contributed by atoms with Gasteiger partial charge in [-0.15, -0.1) is 0 Å². The molecular weight excluding hydrogens is 299 g/mol. The molecule has 1 aliphatic heterocycles. The number of morpholine rings is 1. The number of nitrogens with zero attached hydrogens (tertiary/aromatic N) is 1. The minimum atomic E-state index is -0.552. The van der Waals surface area contributed by atoms with Crippen LogP contribution in [0.4, 0.5) is 4.39 Å². The number of carbonyl (C=O) groups is 1. The lowest BCUT2D eigenvalue weighted by atomic mass is 10.2. The molecule has 128 valence electrons. The second-order valence-corrected chi connectivity index (χ2v) is 5.57. The Bertz CT molecular complexity index is 475. The zero-order valence-corrected chi connectivity index (χ0v) is 13.6. The van der Waals surface area contributed by atoms with Crippen molar-refractivity contribution in [1.29, 1.82) is 0 Å². The third kappa shape index (κ3) is 6.15. The summed E-state index contributed by atoms with van der Waals surface area (Å²) in [4.78, 5) is 14.5. The first-order valence-electron chi connectivity index (χ1n) is 8.19. The third-order valence-electron chi connectivity index (χ3n) is 3.81. The van der Waals surface area contributed by atoms with Crippen molar-refractivity contribution < 1.29 is 18.7 Å². The van der Waals surface area contributed by atoms with Gasteiger partial charge in [0.1, 0.15) is 11.6 Å². The Balaban J connectivity index is 1.68. The highest BCUT2D eigenvalue weighted by molar-refractivity contribution is 5.81. The maximum absolute atomic E-state index is 12.9. The number of carbonyl (C=O) groups excluding carboxylic acids is 1.